The fourth-order valence-electron chi connectivity index (χ4n) is 1.93. The Labute approximate surface area is 116 Å². The molecule has 94 valence electrons. The molecule has 0 aliphatic carbocycles. The molecule has 1 heterocycles. The third-order valence-electron chi connectivity index (χ3n) is 2.94. The lowest BCUT2D eigenvalue weighted by atomic mass is 10.1. The Morgan fingerprint density at radius 1 is 0.895 bits per heavy atom. The van der Waals surface area contributed by atoms with E-state index in [1.165, 1.54) is 16.0 Å². The largest absolute Gasteiger partial charge is 0.380 e. The molecule has 3 rings (SSSR count). The van der Waals surface area contributed by atoms with Gasteiger partial charge in [0.25, 0.3) is 0 Å². The van der Waals surface area contributed by atoms with Crippen molar-refractivity contribution in [2.45, 2.75) is 6.54 Å². The van der Waals surface area contributed by atoms with Gasteiger partial charge in [0.1, 0.15) is 0 Å². The van der Waals surface area contributed by atoms with Gasteiger partial charge < -0.3 is 5.32 Å². The van der Waals surface area contributed by atoms with Crippen LogP contribution >= 0.6 is 11.3 Å². The quantitative estimate of drug-likeness (QED) is 0.756. The van der Waals surface area contributed by atoms with Gasteiger partial charge in [-0.1, -0.05) is 42.5 Å². The predicted octanol–water partition coefficient (Wildman–Crippen LogP) is 4.42. The van der Waals surface area contributed by atoms with Crippen molar-refractivity contribution >= 4 is 17.0 Å². The molecule has 0 aliphatic rings. The maximum absolute atomic E-state index is 4.07. The zero-order valence-electron chi connectivity index (χ0n) is 10.4. The summed E-state index contributed by atoms with van der Waals surface area (Å²) in [6.45, 7) is 0.829. The first-order valence-electron chi connectivity index (χ1n) is 6.18. The number of rotatable bonds is 4. The highest BCUT2D eigenvalue weighted by Gasteiger charge is 1.98. The summed E-state index contributed by atoms with van der Waals surface area (Å²) >= 11 is 1.67. The molecule has 0 atom stereocenters. The fourth-order valence-corrected chi connectivity index (χ4v) is 2.46. The van der Waals surface area contributed by atoms with E-state index in [4.69, 9.17) is 0 Å². The van der Waals surface area contributed by atoms with Crippen molar-refractivity contribution in [3.63, 3.8) is 0 Å². The highest BCUT2D eigenvalue weighted by Crippen LogP contribution is 2.21. The van der Waals surface area contributed by atoms with Gasteiger partial charge in [-0.3, -0.25) is 4.98 Å². The monoisotopic (exact) mass is 266 g/mol. The third kappa shape index (κ3) is 3.01. The maximum Gasteiger partial charge on any atom is 0.0794 e. The minimum Gasteiger partial charge on any atom is -0.380 e. The van der Waals surface area contributed by atoms with Gasteiger partial charge in [0, 0.05) is 16.8 Å². The van der Waals surface area contributed by atoms with Gasteiger partial charge in [-0.15, -0.1) is 11.3 Å². The van der Waals surface area contributed by atoms with Crippen molar-refractivity contribution in [3.8, 4) is 11.1 Å². The van der Waals surface area contributed by atoms with Crippen molar-refractivity contribution in [1.29, 1.82) is 0 Å². The average Bonchev–Trinajstić information content (AvgIpc) is 3.00. The molecule has 19 heavy (non-hydrogen) atoms. The minimum absolute atomic E-state index is 0.829. The number of nitrogens with zero attached hydrogens (tertiary/aromatic N) is 1. The Hall–Kier alpha value is -2.13. The van der Waals surface area contributed by atoms with Gasteiger partial charge in [0.2, 0.25) is 0 Å². The van der Waals surface area contributed by atoms with E-state index in [0.29, 0.717) is 0 Å². The van der Waals surface area contributed by atoms with Crippen LogP contribution in [0.25, 0.3) is 11.1 Å². The first-order valence-corrected chi connectivity index (χ1v) is 7.06. The fraction of sp³-hybridized carbons (Fsp3) is 0.0625. The first-order chi connectivity index (χ1) is 9.42. The summed E-state index contributed by atoms with van der Waals surface area (Å²) in [5.74, 6) is 0. The molecule has 0 saturated carbocycles. The van der Waals surface area contributed by atoms with Crippen LogP contribution in [0, 0.1) is 0 Å². The molecule has 3 heteroatoms. The molecular formula is C16H14N2S. The van der Waals surface area contributed by atoms with Gasteiger partial charge in [0.05, 0.1) is 12.1 Å². The molecule has 0 saturated heterocycles. The molecule has 3 aromatic rings. The van der Waals surface area contributed by atoms with Crippen LogP contribution in [-0.4, -0.2) is 4.98 Å². The average molecular weight is 266 g/mol. The zero-order valence-corrected chi connectivity index (χ0v) is 11.2. The summed E-state index contributed by atoms with van der Waals surface area (Å²) in [6.07, 6.45) is 1.90. The smallest absolute Gasteiger partial charge is 0.0794 e. The maximum atomic E-state index is 4.07. The number of benzene rings is 2. The number of hydrogen-bond acceptors (Lipinski definition) is 3. The normalized spacial score (nSPS) is 10.3. The van der Waals surface area contributed by atoms with Crippen molar-refractivity contribution in [1.82, 2.24) is 4.98 Å². The van der Waals surface area contributed by atoms with Gasteiger partial charge in [-0.2, -0.15) is 0 Å². The topological polar surface area (TPSA) is 24.9 Å². The Kier molecular flexibility index (Phi) is 3.56. The molecule has 0 amide bonds. The second-order valence-corrected chi connectivity index (χ2v) is 5.24. The Morgan fingerprint density at radius 2 is 1.63 bits per heavy atom. The van der Waals surface area contributed by atoms with Gasteiger partial charge in [-0.25, -0.2) is 0 Å². The molecule has 0 unspecified atom stereocenters. The van der Waals surface area contributed by atoms with Crippen LogP contribution in [0.1, 0.15) is 4.88 Å². The van der Waals surface area contributed by atoms with Gasteiger partial charge in [0.15, 0.2) is 0 Å². The third-order valence-corrected chi connectivity index (χ3v) is 3.72. The van der Waals surface area contributed by atoms with Crippen molar-refractivity contribution < 1.29 is 0 Å². The molecule has 0 spiro atoms. The van der Waals surface area contributed by atoms with E-state index < -0.39 is 0 Å². The molecule has 2 nitrogen and oxygen atoms in total. The molecule has 1 N–H and O–H groups in total. The van der Waals surface area contributed by atoms with Crippen molar-refractivity contribution in [2.24, 2.45) is 0 Å². The molecule has 2 aromatic carbocycles. The number of thiazole rings is 1. The first kappa shape index (κ1) is 11.9. The van der Waals surface area contributed by atoms with Crippen molar-refractivity contribution in [2.75, 3.05) is 5.32 Å². The second kappa shape index (κ2) is 5.67. The number of nitrogens with one attached hydrogen (secondary N) is 1. The van der Waals surface area contributed by atoms with Crippen LogP contribution in [0.4, 0.5) is 5.69 Å². The molecule has 1 aromatic heterocycles. The second-order valence-electron chi connectivity index (χ2n) is 4.26. The number of hydrogen-bond donors (Lipinski definition) is 1. The summed E-state index contributed by atoms with van der Waals surface area (Å²) in [5.41, 5.74) is 5.48. The summed E-state index contributed by atoms with van der Waals surface area (Å²) < 4.78 is 0. The van der Waals surface area contributed by atoms with Gasteiger partial charge >= 0.3 is 0 Å². The number of anilines is 1. The van der Waals surface area contributed by atoms with Crippen LogP contribution in [-0.2, 0) is 6.54 Å². The van der Waals surface area contributed by atoms with E-state index in [-0.39, 0.29) is 0 Å². The van der Waals surface area contributed by atoms with Crippen LogP contribution in [0.5, 0.6) is 0 Å². The molecule has 0 aliphatic heterocycles. The lowest BCUT2D eigenvalue weighted by molar-refractivity contribution is 1.17. The highest BCUT2D eigenvalue weighted by molar-refractivity contribution is 7.09. The van der Waals surface area contributed by atoms with E-state index in [1.807, 2.05) is 17.8 Å². The lowest BCUT2D eigenvalue weighted by Crippen LogP contribution is -1.96. The zero-order chi connectivity index (χ0) is 12.9. The molecule has 0 bridgehead atoms. The van der Waals surface area contributed by atoms with E-state index in [1.54, 1.807) is 11.3 Å². The minimum atomic E-state index is 0.829. The summed E-state index contributed by atoms with van der Waals surface area (Å²) in [7, 11) is 0. The van der Waals surface area contributed by atoms with E-state index in [0.717, 1.165) is 12.2 Å². The molecule has 0 fully saturated rings. The Morgan fingerprint density at radius 3 is 2.32 bits per heavy atom. The molecule has 0 radical (unpaired) electrons. The Balaban J connectivity index is 1.69. The highest BCUT2D eigenvalue weighted by atomic mass is 32.1. The number of aromatic nitrogens is 1. The van der Waals surface area contributed by atoms with E-state index in [9.17, 15) is 0 Å². The SMILES string of the molecule is c1ccc(-c2ccc(NCc3cncs3)cc2)cc1. The Bertz CT molecular complexity index is 616. The van der Waals surface area contributed by atoms with Gasteiger partial charge in [-0.05, 0) is 23.3 Å². The van der Waals surface area contributed by atoms with Crippen molar-refractivity contribution in [3.05, 3.63) is 71.2 Å². The van der Waals surface area contributed by atoms with Crippen LogP contribution in [0.3, 0.4) is 0 Å². The van der Waals surface area contributed by atoms with E-state index >= 15 is 0 Å². The van der Waals surface area contributed by atoms with Crippen LogP contribution < -0.4 is 5.32 Å². The summed E-state index contributed by atoms with van der Waals surface area (Å²) in [6, 6.07) is 18.9. The predicted molar refractivity (Wildman–Crippen MR) is 81.3 cm³/mol. The van der Waals surface area contributed by atoms with Crippen LogP contribution in [0.15, 0.2) is 66.3 Å². The molecular weight excluding hydrogens is 252 g/mol. The lowest BCUT2D eigenvalue weighted by Gasteiger charge is -2.06. The summed E-state index contributed by atoms with van der Waals surface area (Å²) in [5, 5.41) is 3.40. The standard InChI is InChI=1S/C16H14N2S/c1-2-4-13(5-3-1)14-6-8-15(9-7-14)18-11-16-10-17-12-19-16/h1-10,12,18H,11H2. The van der Waals surface area contributed by atoms with E-state index in [2.05, 4.69) is 58.8 Å². The van der Waals surface area contributed by atoms with Crippen LogP contribution in [0.2, 0.25) is 0 Å². The summed E-state index contributed by atoms with van der Waals surface area (Å²) in [4.78, 5) is 5.31.